The van der Waals surface area contributed by atoms with Crippen LogP contribution in [0.4, 0.5) is 33.5 Å². The molecule has 0 saturated carbocycles. The summed E-state index contributed by atoms with van der Waals surface area (Å²) in [5.74, 6) is 2.27. The molecule has 3 aromatic rings. The first-order valence-corrected chi connectivity index (χ1v) is 13.9. The minimum atomic E-state index is -0.146. The molecule has 3 fully saturated rings. The van der Waals surface area contributed by atoms with Gasteiger partial charge in [-0.15, -0.1) is 11.3 Å². The van der Waals surface area contributed by atoms with Crippen molar-refractivity contribution in [2.24, 2.45) is 0 Å². The number of carbonyl (C=O) groups is 1. The molecule has 3 saturated heterocycles. The van der Waals surface area contributed by atoms with Crippen LogP contribution in [0.25, 0.3) is 11.3 Å². The summed E-state index contributed by atoms with van der Waals surface area (Å²) in [5.41, 5.74) is 8.37. The second-order valence-electron chi connectivity index (χ2n) is 9.65. The lowest BCUT2D eigenvalue weighted by Gasteiger charge is -2.35. The molecular formula is C25H32N10OS. The molecule has 1 aromatic carbocycles. The number of carbonyl (C=O) groups excluding carboxylic acids is 1. The number of rotatable bonds is 5. The molecule has 0 aliphatic carbocycles. The smallest absolute Gasteiger partial charge is 0.323 e. The maximum absolute atomic E-state index is 13.0. The van der Waals surface area contributed by atoms with E-state index in [4.69, 9.17) is 20.7 Å². The largest absolute Gasteiger partial charge is 0.398 e. The van der Waals surface area contributed by atoms with Crippen molar-refractivity contribution >= 4 is 46.0 Å². The molecule has 2 amide bonds. The van der Waals surface area contributed by atoms with Crippen LogP contribution in [0.15, 0.2) is 29.6 Å². The monoisotopic (exact) mass is 520 g/mol. The van der Waals surface area contributed by atoms with Gasteiger partial charge < -0.3 is 25.3 Å². The SMILES string of the molecule is Nc1ccccc1-c1csc(NC(=O)N2CCN(c3nc(N4CCCC4)nc(N4CCCC4)n3)CC2)n1. The second-order valence-corrected chi connectivity index (χ2v) is 10.5. The lowest BCUT2D eigenvalue weighted by molar-refractivity contribution is 0.208. The van der Waals surface area contributed by atoms with Crippen molar-refractivity contribution in [1.29, 1.82) is 0 Å². The average molecular weight is 521 g/mol. The molecule has 12 heteroatoms. The first-order chi connectivity index (χ1) is 18.1. The number of aromatic nitrogens is 4. The van der Waals surface area contributed by atoms with Crippen LogP contribution in [0.1, 0.15) is 25.7 Å². The van der Waals surface area contributed by atoms with Crippen molar-refractivity contribution in [3.05, 3.63) is 29.6 Å². The van der Waals surface area contributed by atoms with E-state index in [-0.39, 0.29) is 6.03 Å². The molecule has 37 heavy (non-hydrogen) atoms. The Hall–Kier alpha value is -3.67. The standard InChI is InChI=1S/C25H32N10OS/c26-19-8-2-1-7-18(19)20-17-37-24(27-20)31-25(36)35-15-13-34(14-16-35)23-29-21(32-9-3-4-10-32)28-22(30-23)33-11-5-6-12-33/h1-2,7-8,17H,3-6,9-16,26H2,(H,27,31,36). The Morgan fingerprint density at radius 3 is 1.86 bits per heavy atom. The number of anilines is 5. The van der Waals surface area contributed by atoms with Crippen molar-refractivity contribution in [2.75, 3.05) is 78.1 Å². The minimum Gasteiger partial charge on any atom is -0.398 e. The fourth-order valence-electron chi connectivity index (χ4n) is 5.07. The maximum Gasteiger partial charge on any atom is 0.323 e. The fourth-order valence-corrected chi connectivity index (χ4v) is 5.77. The number of amides is 2. The summed E-state index contributed by atoms with van der Waals surface area (Å²) < 4.78 is 0. The number of thiazole rings is 1. The molecule has 0 atom stereocenters. The third kappa shape index (κ3) is 5.10. The maximum atomic E-state index is 13.0. The molecule has 3 N–H and O–H groups in total. The molecule has 0 spiro atoms. The van der Waals surface area contributed by atoms with Crippen LogP contribution in [0.3, 0.4) is 0 Å². The van der Waals surface area contributed by atoms with Crippen LogP contribution in [-0.2, 0) is 0 Å². The number of para-hydroxylation sites is 1. The van der Waals surface area contributed by atoms with E-state index in [9.17, 15) is 4.79 Å². The van der Waals surface area contributed by atoms with E-state index < -0.39 is 0 Å². The van der Waals surface area contributed by atoms with Crippen LogP contribution < -0.4 is 25.8 Å². The van der Waals surface area contributed by atoms with E-state index in [1.807, 2.05) is 34.5 Å². The third-order valence-corrected chi connectivity index (χ3v) is 7.94. The average Bonchev–Trinajstić information content (AvgIpc) is 3.72. The number of nitrogens with two attached hydrogens (primary N) is 1. The van der Waals surface area contributed by atoms with Gasteiger partial charge in [-0.2, -0.15) is 15.0 Å². The van der Waals surface area contributed by atoms with Gasteiger partial charge in [-0.3, -0.25) is 5.32 Å². The third-order valence-electron chi connectivity index (χ3n) is 7.18. The molecule has 0 bridgehead atoms. The van der Waals surface area contributed by atoms with E-state index in [1.54, 1.807) is 0 Å². The first kappa shape index (κ1) is 23.7. The Balaban J connectivity index is 1.11. The fraction of sp³-hybridized carbons (Fsp3) is 0.480. The highest BCUT2D eigenvalue weighted by Crippen LogP contribution is 2.29. The van der Waals surface area contributed by atoms with Crippen molar-refractivity contribution in [1.82, 2.24) is 24.8 Å². The molecule has 3 aliphatic rings. The molecule has 3 aliphatic heterocycles. The molecule has 11 nitrogen and oxygen atoms in total. The summed E-state index contributed by atoms with van der Waals surface area (Å²) in [6, 6.07) is 7.46. The van der Waals surface area contributed by atoms with Crippen molar-refractivity contribution in [3.8, 4) is 11.3 Å². The Labute approximate surface area is 220 Å². The van der Waals surface area contributed by atoms with Crippen LogP contribution in [0.5, 0.6) is 0 Å². The lowest BCUT2D eigenvalue weighted by atomic mass is 10.1. The molecule has 2 aromatic heterocycles. The number of hydrogen-bond donors (Lipinski definition) is 2. The zero-order valence-corrected chi connectivity index (χ0v) is 21.7. The topological polar surface area (TPSA) is 120 Å². The Morgan fingerprint density at radius 2 is 1.30 bits per heavy atom. The summed E-state index contributed by atoms with van der Waals surface area (Å²) in [6.07, 6.45) is 4.70. The summed E-state index contributed by atoms with van der Waals surface area (Å²) in [7, 11) is 0. The van der Waals surface area contributed by atoms with Gasteiger partial charge in [-0.25, -0.2) is 9.78 Å². The Kier molecular flexibility index (Phi) is 6.64. The van der Waals surface area contributed by atoms with Crippen LogP contribution in [0, 0.1) is 0 Å². The van der Waals surface area contributed by atoms with Crippen LogP contribution in [0.2, 0.25) is 0 Å². The van der Waals surface area contributed by atoms with Crippen molar-refractivity contribution < 1.29 is 4.79 Å². The van der Waals surface area contributed by atoms with Crippen LogP contribution in [-0.4, -0.2) is 83.2 Å². The van der Waals surface area contributed by atoms with Crippen LogP contribution >= 0.6 is 11.3 Å². The van der Waals surface area contributed by atoms with Gasteiger partial charge in [-0.1, -0.05) is 18.2 Å². The second kappa shape index (κ2) is 10.4. The normalized spacial score (nSPS) is 18.1. The summed E-state index contributed by atoms with van der Waals surface area (Å²) in [6.45, 7) is 6.47. The minimum absolute atomic E-state index is 0.146. The lowest BCUT2D eigenvalue weighted by Crippen LogP contribution is -2.50. The molecule has 6 rings (SSSR count). The predicted octanol–water partition coefficient (Wildman–Crippen LogP) is 3.13. The zero-order chi connectivity index (χ0) is 25.2. The summed E-state index contributed by atoms with van der Waals surface area (Å²) in [5, 5.41) is 5.42. The number of hydrogen-bond acceptors (Lipinski definition) is 10. The highest BCUT2D eigenvalue weighted by molar-refractivity contribution is 7.14. The van der Waals surface area contributed by atoms with Gasteiger partial charge in [0, 0.05) is 69.0 Å². The highest BCUT2D eigenvalue weighted by atomic mass is 32.1. The van der Waals surface area contributed by atoms with E-state index in [1.165, 1.54) is 37.0 Å². The number of nitrogen functional groups attached to an aromatic ring is 1. The summed E-state index contributed by atoms with van der Waals surface area (Å²) >= 11 is 1.40. The van der Waals surface area contributed by atoms with Gasteiger partial charge in [0.1, 0.15) is 0 Å². The number of piperazine rings is 1. The van der Waals surface area contributed by atoms with Gasteiger partial charge >= 0.3 is 6.03 Å². The van der Waals surface area contributed by atoms with E-state index in [0.29, 0.717) is 42.9 Å². The molecule has 0 unspecified atom stereocenters. The highest BCUT2D eigenvalue weighted by Gasteiger charge is 2.27. The Morgan fingerprint density at radius 1 is 0.757 bits per heavy atom. The van der Waals surface area contributed by atoms with Gasteiger partial charge in [-0.05, 0) is 31.7 Å². The van der Waals surface area contributed by atoms with E-state index in [2.05, 4.69) is 25.0 Å². The van der Waals surface area contributed by atoms with Gasteiger partial charge in [0.25, 0.3) is 0 Å². The van der Waals surface area contributed by atoms with Crippen molar-refractivity contribution in [2.45, 2.75) is 25.7 Å². The van der Waals surface area contributed by atoms with Gasteiger partial charge in [0.2, 0.25) is 17.8 Å². The molecular weight excluding hydrogens is 488 g/mol. The van der Waals surface area contributed by atoms with Gasteiger partial charge in [0.05, 0.1) is 5.69 Å². The molecule has 0 radical (unpaired) electrons. The Bertz CT molecular complexity index is 1210. The summed E-state index contributed by atoms with van der Waals surface area (Å²) in [4.78, 5) is 40.6. The molecule has 5 heterocycles. The predicted molar refractivity (Wildman–Crippen MR) is 147 cm³/mol. The number of benzene rings is 1. The zero-order valence-electron chi connectivity index (χ0n) is 20.8. The quantitative estimate of drug-likeness (QED) is 0.489. The molecule has 194 valence electrons. The van der Waals surface area contributed by atoms with E-state index in [0.717, 1.165) is 49.3 Å². The first-order valence-electron chi connectivity index (χ1n) is 13.0. The van der Waals surface area contributed by atoms with E-state index >= 15 is 0 Å². The van der Waals surface area contributed by atoms with Gasteiger partial charge in [0.15, 0.2) is 5.13 Å². The number of urea groups is 1. The number of nitrogens with one attached hydrogen (secondary N) is 1. The van der Waals surface area contributed by atoms with Crippen molar-refractivity contribution in [3.63, 3.8) is 0 Å². The number of nitrogens with zero attached hydrogens (tertiary/aromatic N) is 8.